The average molecular weight is 259 g/mol. The van der Waals surface area contributed by atoms with Gasteiger partial charge in [0, 0.05) is 13.2 Å². The van der Waals surface area contributed by atoms with E-state index in [9.17, 15) is 4.79 Å². The van der Waals surface area contributed by atoms with Crippen molar-refractivity contribution >= 4 is 5.91 Å². The molecule has 3 heteroatoms. The third-order valence-corrected chi connectivity index (χ3v) is 4.29. The molecule has 0 saturated carbocycles. The predicted octanol–water partition coefficient (Wildman–Crippen LogP) is 2.63. The van der Waals surface area contributed by atoms with Crippen molar-refractivity contribution < 1.29 is 9.53 Å². The summed E-state index contributed by atoms with van der Waals surface area (Å²) in [4.78, 5) is 14.6. The third-order valence-electron chi connectivity index (χ3n) is 4.29. The fourth-order valence-corrected chi connectivity index (χ4v) is 3.25. The lowest BCUT2D eigenvalue weighted by molar-refractivity contribution is -0.152. The molecule has 3 nitrogen and oxygen atoms in total. The van der Waals surface area contributed by atoms with Gasteiger partial charge in [-0.05, 0) is 24.3 Å². The van der Waals surface area contributed by atoms with Gasteiger partial charge in [0.05, 0.1) is 18.6 Å². The maximum Gasteiger partial charge on any atom is 0.228 e. The molecular weight excluding hydrogens is 238 g/mol. The first-order valence-electron chi connectivity index (χ1n) is 7.20. The zero-order valence-corrected chi connectivity index (χ0v) is 11.4. The number of hydrogen-bond donors (Lipinski definition) is 0. The van der Waals surface area contributed by atoms with Gasteiger partial charge >= 0.3 is 0 Å². The van der Waals surface area contributed by atoms with Crippen LogP contribution in [0.4, 0.5) is 0 Å². The van der Waals surface area contributed by atoms with E-state index < -0.39 is 0 Å². The highest BCUT2D eigenvalue weighted by molar-refractivity contribution is 5.80. The van der Waals surface area contributed by atoms with Crippen LogP contribution in [-0.2, 0) is 9.53 Å². The van der Waals surface area contributed by atoms with Gasteiger partial charge in [-0.25, -0.2) is 0 Å². The molecule has 2 saturated heterocycles. The lowest BCUT2D eigenvalue weighted by atomic mass is 9.83. The highest BCUT2D eigenvalue weighted by Gasteiger charge is 2.42. The lowest BCUT2D eigenvalue weighted by Crippen LogP contribution is -2.54. The fraction of sp³-hybridized carbons (Fsp3) is 0.562. The van der Waals surface area contributed by atoms with E-state index >= 15 is 0 Å². The number of amides is 1. The Morgan fingerprint density at radius 1 is 1.32 bits per heavy atom. The van der Waals surface area contributed by atoms with E-state index in [0.717, 1.165) is 26.0 Å². The maximum absolute atomic E-state index is 12.6. The summed E-state index contributed by atoms with van der Waals surface area (Å²) in [6.45, 7) is 4.52. The minimum atomic E-state index is 0.0764. The zero-order chi connectivity index (χ0) is 13.2. The van der Waals surface area contributed by atoms with Crippen LogP contribution in [0, 0.1) is 11.8 Å². The Hall–Kier alpha value is -1.35. The number of ether oxygens (including phenoxy) is 1. The molecule has 1 aromatic carbocycles. The Morgan fingerprint density at radius 2 is 2.11 bits per heavy atom. The largest absolute Gasteiger partial charge is 0.381 e. The molecule has 0 aromatic heterocycles. The van der Waals surface area contributed by atoms with Crippen LogP contribution in [0.5, 0.6) is 0 Å². The second-order valence-corrected chi connectivity index (χ2v) is 5.74. The van der Waals surface area contributed by atoms with Crippen molar-refractivity contribution in [3.63, 3.8) is 0 Å². The average Bonchev–Trinajstić information content (AvgIpc) is 2.46. The highest BCUT2D eigenvalue weighted by Crippen LogP contribution is 2.39. The number of benzene rings is 1. The molecule has 0 spiro atoms. The van der Waals surface area contributed by atoms with Gasteiger partial charge in [0.15, 0.2) is 0 Å². The molecular formula is C16H21NO2. The first kappa shape index (κ1) is 12.7. The highest BCUT2D eigenvalue weighted by atomic mass is 16.5. The van der Waals surface area contributed by atoms with Crippen molar-refractivity contribution in [1.29, 1.82) is 0 Å². The number of nitrogens with zero attached hydrogens (tertiary/aromatic N) is 1. The molecule has 2 fully saturated rings. The van der Waals surface area contributed by atoms with Gasteiger partial charge in [-0.3, -0.25) is 4.79 Å². The van der Waals surface area contributed by atoms with Gasteiger partial charge in [0.1, 0.15) is 0 Å². The summed E-state index contributed by atoms with van der Waals surface area (Å²) in [6.07, 6.45) is 1.99. The van der Waals surface area contributed by atoms with Crippen molar-refractivity contribution in [2.24, 2.45) is 11.8 Å². The summed E-state index contributed by atoms with van der Waals surface area (Å²) >= 11 is 0. The molecule has 0 N–H and O–H groups in total. The Bertz CT molecular complexity index is 439. The van der Waals surface area contributed by atoms with E-state index in [-0.39, 0.29) is 17.9 Å². The molecule has 2 aliphatic heterocycles. The molecule has 102 valence electrons. The molecule has 1 amide bonds. The van der Waals surface area contributed by atoms with Crippen LogP contribution in [-0.4, -0.2) is 30.6 Å². The van der Waals surface area contributed by atoms with Gasteiger partial charge in [0.25, 0.3) is 0 Å². The third kappa shape index (κ3) is 2.39. The molecule has 0 bridgehead atoms. The van der Waals surface area contributed by atoms with E-state index in [1.54, 1.807) is 0 Å². The predicted molar refractivity (Wildman–Crippen MR) is 73.6 cm³/mol. The van der Waals surface area contributed by atoms with E-state index in [1.165, 1.54) is 5.56 Å². The topological polar surface area (TPSA) is 29.5 Å². The molecule has 3 rings (SSSR count). The first-order chi connectivity index (χ1) is 9.27. The molecule has 1 aromatic rings. The van der Waals surface area contributed by atoms with Crippen LogP contribution in [0.3, 0.4) is 0 Å². The van der Waals surface area contributed by atoms with E-state index in [4.69, 9.17) is 4.74 Å². The first-order valence-corrected chi connectivity index (χ1v) is 7.20. The number of likely N-dealkylation sites (tertiary alicyclic amines) is 1. The minimum absolute atomic E-state index is 0.0764. The van der Waals surface area contributed by atoms with E-state index in [0.29, 0.717) is 12.5 Å². The van der Waals surface area contributed by atoms with Crippen molar-refractivity contribution in [2.75, 3.05) is 19.8 Å². The summed E-state index contributed by atoms with van der Waals surface area (Å²) < 4.78 is 5.44. The van der Waals surface area contributed by atoms with Crippen LogP contribution < -0.4 is 0 Å². The SMILES string of the molecule is CC1CN(C(=O)C2CCCOC2)C1c1ccccc1. The second kappa shape index (κ2) is 5.33. The second-order valence-electron chi connectivity index (χ2n) is 5.74. The molecule has 3 unspecified atom stereocenters. The molecule has 0 aliphatic carbocycles. The quantitative estimate of drug-likeness (QED) is 0.817. The number of carbonyl (C=O) groups excluding carboxylic acids is 1. The van der Waals surface area contributed by atoms with Crippen molar-refractivity contribution in [3.8, 4) is 0 Å². The standard InChI is InChI=1S/C16H21NO2/c1-12-10-17(15(12)13-6-3-2-4-7-13)16(18)14-8-5-9-19-11-14/h2-4,6-7,12,14-15H,5,8-11H2,1H3. The molecule has 2 aliphatic rings. The Kier molecular flexibility index (Phi) is 3.56. The summed E-state index contributed by atoms with van der Waals surface area (Å²) in [5, 5.41) is 0. The van der Waals surface area contributed by atoms with E-state index in [1.807, 2.05) is 23.1 Å². The normalized spacial score (nSPS) is 30.8. The van der Waals surface area contributed by atoms with Crippen LogP contribution in [0.25, 0.3) is 0 Å². The summed E-state index contributed by atoms with van der Waals surface area (Å²) in [7, 11) is 0. The van der Waals surface area contributed by atoms with Gasteiger partial charge in [-0.2, -0.15) is 0 Å². The Labute approximate surface area is 114 Å². The maximum atomic E-state index is 12.6. The van der Waals surface area contributed by atoms with Crippen molar-refractivity contribution in [2.45, 2.75) is 25.8 Å². The van der Waals surface area contributed by atoms with Gasteiger partial charge in [-0.1, -0.05) is 37.3 Å². The minimum Gasteiger partial charge on any atom is -0.381 e. The van der Waals surface area contributed by atoms with Crippen LogP contribution in [0.2, 0.25) is 0 Å². The van der Waals surface area contributed by atoms with Gasteiger partial charge < -0.3 is 9.64 Å². The van der Waals surface area contributed by atoms with Crippen LogP contribution >= 0.6 is 0 Å². The van der Waals surface area contributed by atoms with Crippen LogP contribution in [0.1, 0.15) is 31.4 Å². The van der Waals surface area contributed by atoms with Crippen LogP contribution in [0.15, 0.2) is 30.3 Å². The Morgan fingerprint density at radius 3 is 2.74 bits per heavy atom. The van der Waals surface area contributed by atoms with Crippen molar-refractivity contribution in [3.05, 3.63) is 35.9 Å². The Balaban J connectivity index is 1.72. The molecule has 3 atom stereocenters. The summed E-state index contributed by atoms with van der Waals surface area (Å²) in [5.41, 5.74) is 1.26. The summed E-state index contributed by atoms with van der Waals surface area (Å²) in [5.74, 6) is 0.912. The number of carbonyl (C=O) groups is 1. The number of rotatable bonds is 2. The number of hydrogen-bond acceptors (Lipinski definition) is 2. The van der Waals surface area contributed by atoms with Gasteiger partial charge in [0.2, 0.25) is 5.91 Å². The molecule has 19 heavy (non-hydrogen) atoms. The van der Waals surface area contributed by atoms with Crippen molar-refractivity contribution in [1.82, 2.24) is 4.90 Å². The zero-order valence-electron chi connectivity index (χ0n) is 11.4. The fourth-order valence-electron chi connectivity index (χ4n) is 3.25. The monoisotopic (exact) mass is 259 g/mol. The summed E-state index contributed by atoms with van der Waals surface area (Å²) in [6, 6.07) is 10.6. The van der Waals surface area contributed by atoms with Gasteiger partial charge in [-0.15, -0.1) is 0 Å². The smallest absolute Gasteiger partial charge is 0.228 e. The lowest BCUT2D eigenvalue weighted by Gasteiger charge is -2.48. The molecule has 0 radical (unpaired) electrons. The van der Waals surface area contributed by atoms with E-state index in [2.05, 4.69) is 19.1 Å². The molecule has 2 heterocycles.